The summed E-state index contributed by atoms with van der Waals surface area (Å²) in [7, 11) is 2.20. The largest absolute Gasteiger partial charge is 0.493 e. The average Bonchev–Trinajstić information content (AvgIpc) is 3.47. The van der Waals surface area contributed by atoms with Gasteiger partial charge in [-0.2, -0.15) is 0 Å². The number of aromatic nitrogens is 3. The van der Waals surface area contributed by atoms with E-state index in [4.69, 9.17) is 4.74 Å². The molecular weight excluding hydrogens is 530 g/mol. The van der Waals surface area contributed by atoms with Crippen LogP contribution in [0, 0.1) is 5.92 Å². The van der Waals surface area contributed by atoms with Crippen molar-refractivity contribution in [3.05, 3.63) is 119 Å². The van der Waals surface area contributed by atoms with Crippen LogP contribution in [0.5, 0.6) is 5.75 Å². The number of nitrogens with zero attached hydrogens (tertiary/aromatic N) is 4. The quantitative estimate of drug-likeness (QED) is 0.223. The number of ether oxygens (including phenoxy) is 1. The summed E-state index contributed by atoms with van der Waals surface area (Å²) < 4.78 is 6.59. The van der Waals surface area contributed by atoms with Gasteiger partial charge in [0.1, 0.15) is 5.75 Å². The van der Waals surface area contributed by atoms with E-state index in [1.807, 2.05) is 30.9 Å². The van der Waals surface area contributed by atoms with E-state index in [9.17, 15) is 0 Å². The Labute approximate surface area is 254 Å². The lowest BCUT2D eigenvalue weighted by molar-refractivity contribution is 0.148. The molecule has 1 aliphatic carbocycles. The molecule has 6 nitrogen and oxygen atoms in total. The molecule has 0 amide bonds. The van der Waals surface area contributed by atoms with Gasteiger partial charge in [-0.15, -0.1) is 0 Å². The van der Waals surface area contributed by atoms with Gasteiger partial charge in [0.2, 0.25) is 0 Å². The molecule has 43 heavy (non-hydrogen) atoms. The van der Waals surface area contributed by atoms with Crippen molar-refractivity contribution in [2.24, 2.45) is 5.92 Å². The Morgan fingerprint density at radius 3 is 2.53 bits per heavy atom. The third-order valence-corrected chi connectivity index (χ3v) is 9.14. The monoisotopic (exact) mass is 569 g/mol. The summed E-state index contributed by atoms with van der Waals surface area (Å²) >= 11 is 0. The molecule has 2 atom stereocenters. The van der Waals surface area contributed by atoms with E-state index in [1.165, 1.54) is 27.8 Å². The summed E-state index contributed by atoms with van der Waals surface area (Å²) in [6.07, 6.45) is 15.1. The first kappa shape index (κ1) is 27.6. The zero-order valence-electron chi connectivity index (χ0n) is 25.0. The van der Waals surface area contributed by atoms with Gasteiger partial charge in [0, 0.05) is 98.1 Å². The number of fused-ring (bicyclic) bond motifs is 2. The highest BCUT2D eigenvalue weighted by molar-refractivity contribution is 5.96. The number of H-pyrrole nitrogens is 1. The number of likely N-dealkylation sites (N-methyl/N-ethyl adjacent to an activating group) is 1. The molecule has 0 bridgehead atoms. The van der Waals surface area contributed by atoms with E-state index in [2.05, 4.69) is 106 Å². The summed E-state index contributed by atoms with van der Waals surface area (Å²) in [6.45, 7) is 8.25. The minimum atomic E-state index is 0.329. The fourth-order valence-corrected chi connectivity index (χ4v) is 6.59. The van der Waals surface area contributed by atoms with Crippen molar-refractivity contribution in [3.63, 3.8) is 0 Å². The number of allylic oxidation sites excluding steroid dienone is 1. The number of benzene rings is 2. The minimum Gasteiger partial charge on any atom is -0.493 e. The molecule has 7 rings (SSSR count). The van der Waals surface area contributed by atoms with E-state index >= 15 is 0 Å². The molecule has 5 aromatic rings. The van der Waals surface area contributed by atoms with Gasteiger partial charge >= 0.3 is 0 Å². The van der Waals surface area contributed by atoms with Gasteiger partial charge < -0.3 is 14.6 Å². The lowest BCUT2D eigenvalue weighted by Crippen LogP contribution is -2.43. The molecule has 6 heteroatoms. The van der Waals surface area contributed by atoms with Crippen molar-refractivity contribution in [1.29, 1.82) is 0 Å². The Hall–Kier alpha value is -4.26. The molecule has 3 aromatic heterocycles. The molecule has 0 saturated carbocycles. The topological polar surface area (TPSA) is 57.3 Å². The zero-order chi connectivity index (χ0) is 29.2. The van der Waals surface area contributed by atoms with Crippen LogP contribution in [0.1, 0.15) is 40.7 Å². The second-order valence-electron chi connectivity index (χ2n) is 12.1. The molecule has 218 valence electrons. The number of rotatable bonds is 8. The van der Waals surface area contributed by atoms with Gasteiger partial charge in [0.05, 0.1) is 6.61 Å². The van der Waals surface area contributed by atoms with Crippen molar-refractivity contribution in [2.75, 3.05) is 39.8 Å². The third kappa shape index (κ3) is 5.85. The van der Waals surface area contributed by atoms with Gasteiger partial charge in [0.25, 0.3) is 0 Å². The number of piperazine rings is 1. The SMILES string of the molecule is CC1C=Cc2ccncc2C1c1ccc(CCOc2cc(CN3CCN(C)CC3)ccc2-c2c[nH]c3ccncc23)cc1. The molecule has 0 spiro atoms. The molecule has 1 N–H and O–H groups in total. The van der Waals surface area contributed by atoms with Gasteiger partial charge in [0.15, 0.2) is 0 Å². The van der Waals surface area contributed by atoms with Crippen LogP contribution in [0.2, 0.25) is 0 Å². The summed E-state index contributed by atoms with van der Waals surface area (Å²) in [5.41, 5.74) is 9.79. The Morgan fingerprint density at radius 2 is 1.67 bits per heavy atom. The van der Waals surface area contributed by atoms with E-state index in [0.717, 1.165) is 66.9 Å². The minimum absolute atomic E-state index is 0.329. The van der Waals surface area contributed by atoms with Crippen LogP contribution in [-0.2, 0) is 13.0 Å². The molecule has 1 aliphatic heterocycles. The van der Waals surface area contributed by atoms with Crippen molar-refractivity contribution in [2.45, 2.75) is 25.8 Å². The first-order chi connectivity index (χ1) is 21.1. The van der Waals surface area contributed by atoms with Gasteiger partial charge in [-0.1, -0.05) is 55.5 Å². The summed E-state index contributed by atoms with van der Waals surface area (Å²) in [6, 6.07) is 19.9. The molecule has 1 saturated heterocycles. The zero-order valence-corrected chi connectivity index (χ0v) is 25.0. The summed E-state index contributed by atoms with van der Waals surface area (Å²) in [4.78, 5) is 17.1. The predicted octanol–water partition coefficient (Wildman–Crippen LogP) is 6.79. The smallest absolute Gasteiger partial charge is 0.127 e. The second-order valence-corrected chi connectivity index (χ2v) is 12.1. The van der Waals surface area contributed by atoms with Crippen LogP contribution in [0.3, 0.4) is 0 Å². The Morgan fingerprint density at radius 1 is 0.884 bits per heavy atom. The van der Waals surface area contributed by atoms with Crippen molar-refractivity contribution >= 4 is 17.0 Å². The fourth-order valence-electron chi connectivity index (χ4n) is 6.59. The van der Waals surface area contributed by atoms with E-state index in [-0.39, 0.29) is 0 Å². The highest BCUT2D eigenvalue weighted by Gasteiger charge is 2.25. The van der Waals surface area contributed by atoms with Crippen molar-refractivity contribution in [3.8, 4) is 16.9 Å². The maximum absolute atomic E-state index is 6.59. The summed E-state index contributed by atoms with van der Waals surface area (Å²) in [5.74, 6) is 1.69. The lowest BCUT2D eigenvalue weighted by atomic mass is 9.77. The van der Waals surface area contributed by atoms with Gasteiger partial charge in [-0.25, -0.2) is 0 Å². The Kier molecular flexibility index (Phi) is 7.79. The maximum atomic E-state index is 6.59. The highest BCUT2D eigenvalue weighted by atomic mass is 16.5. The number of pyridine rings is 2. The van der Waals surface area contributed by atoms with Gasteiger partial charge in [-0.05, 0) is 59.0 Å². The number of nitrogens with one attached hydrogen (secondary N) is 1. The molecule has 4 heterocycles. The molecule has 2 unspecified atom stereocenters. The average molecular weight is 570 g/mol. The lowest BCUT2D eigenvalue weighted by Gasteiger charge is -2.32. The Balaban J connectivity index is 1.09. The molecule has 2 aromatic carbocycles. The van der Waals surface area contributed by atoms with Crippen LogP contribution in [-0.4, -0.2) is 64.6 Å². The maximum Gasteiger partial charge on any atom is 0.127 e. The van der Waals surface area contributed by atoms with Crippen LogP contribution < -0.4 is 4.74 Å². The number of aromatic amines is 1. The van der Waals surface area contributed by atoms with E-state index < -0.39 is 0 Å². The van der Waals surface area contributed by atoms with Crippen LogP contribution in [0.15, 0.2) is 91.7 Å². The second kappa shape index (κ2) is 12.2. The number of hydrogen-bond acceptors (Lipinski definition) is 5. The Bertz CT molecular complexity index is 1730. The van der Waals surface area contributed by atoms with Crippen LogP contribution >= 0.6 is 0 Å². The van der Waals surface area contributed by atoms with Crippen LogP contribution in [0.4, 0.5) is 0 Å². The third-order valence-electron chi connectivity index (χ3n) is 9.14. The highest BCUT2D eigenvalue weighted by Crippen LogP contribution is 2.39. The van der Waals surface area contributed by atoms with E-state index in [1.54, 1.807) is 0 Å². The van der Waals surface area contributed by atoms with E-state index in [0.29, 0.717) is 18.4 Å². The standard InChI is InChI=1S/C37H39N5O/c1-26-3-7-29-11-14-38-22-32(29)37(26)30-8-4-27(5-9-30)13-20-43-36-21-28(25-42-18-16-41(2)17-19-42)6-10-31(36)33-24-40-35-12-15-39-23-34(33)35/h3-12,14-15,21-24,26,37,40H,13,16-20,25H2,1-2H3. The molecule has 0 radical (unpaired) electrons. The normalized spacial score (nSPS) is 19.0. The van der Waals surface area contributed by atoms with Crippen molar-refractivity contribution < 1.29 is 4.74 Å². The first-order valence-corrected chi connectivity index (χ1v) is 15.4. The predicted molar refractivity (Wildman–Crippen MR) is 174 cm³/mol. The first-order valence-electron chi connectivity index (χ1n) is 15.4. The summed E-state index contributed by atoms with van der Waals surface area (Å²) in [5, 5.41) is 1.11. The molecular formula is C37H39N5O. The van der Waals surface area contributed by atoms with Gasteiger partial charge in [-0.3, -0.25) is 14.9 Å². The van der Waals surface area contributed by atoms with Crippen LogP contribution in [0.25, 0.3) is 28.1 Å². The molecule has 2 aliphatic rings. The molecule has 1 fully saturated rings. The van der Waals surface area contributed by atoms with Crippen molar-refractivity contribution in [1.82, 2.24) is 24.8 Å². The number of hydrogen-bond donors (Lipinski definition) is 1. The fraction of sp³-hybridized carbons (Fsp3) is 0.297.